The van der Waals surface area contributed by atoms with Crippen molar-refractivity contribution < 1.29 is 9.66 Å². The normalized spacial score (nSPS) is 24.4. The van der Waals surface area contributed by atoms with E-state index >= 15 is 0 Å². The Morgan fingerprint density at radius 3 is 2.82 bits per heavy atom. The first-order valence-electron chi connectivity index (χ1n) is 13.2. The summed E-state index contributed by atoms with van der Waals surface area (Å²) >= 11 is 11.6. The van der Waals surface area contributed by atoms with Gasteiger partial charge in [-0.25, -0.2) is 14.6 Å². The van der Waals surface area contributed by atoms with Gasteiger partial charge in [-0.15, -0.1) is 0 Å². The Morgan fingerprint density at radius 2 is 2.13 bits per heavy atom. The molecule has 1 N–H and O–H groups in total. The molecule has 1 saturated heterocycles. The van der Waals surface area contributed by atoms with Crippen molar-refractivity contribution in [1.29, 1.82) is 5.26 Å². The van der Waals surface area contributed by atoms with Crippen LogP contribution in [0.25, 0.3) is 16.7 Å². The molecule has 0 radical (unpaired) electrons. The Labute approximate surface area is 241 Å². The first kappa shape index (κ1) is 28.3. The molecule has 3 heterocycles. The molecule has 3 aromatic rings. The summed E-state index contributed by atoms with van der Waals surface area (Å²) < 4.78 is 13.4. The molecule has 3 unspecified atom stereocenters. The highest BCUT2D eigenvalue weighted by Gasteiger charge is 2.39. The Bertz CT molecular complexity index is 1440. The van der Waals surface area contributed by atoms with E-state index < -0.39 is 17.3 Å². The van der Waals surface area contributed by atoms with Crippen molar-refractivity contribution in [2.45, 2.75) is 63.8 Å². The minimum atomic E-state index is -1.03. The van der Waals surface area contributed by atoms with E-state index in [1.807, 2.05) is 13.0 Å². The lowest BCUT2D eigenvalue weighted by Crippen LogP contribution is -2.50. The zero-order chi connectivity index (χ0) is 27.8. The number of nitriles is 1. The van der Waals surface area contributed by atoms with Crippen LogP contribution in [0.4, 0.5) is 0 Å². The minimum Gasteiger partial charge on any atom is -0.616 e. The van der Waals surface area contributed by atoms with Crippen LogP contribution < -0.4 is 0 Å². The Hall–Kier alpha value is -2.19. The van der Waals surface area contributed by atoms with Gasteiger partial charge in [-0.3, -0.25) is 4.90 Å². The van der Waals surface area contributed by atoms with Crippen molar-refractivity contribution in [2.75, 3.05) is 18.6 Å². The van der Waals surface area contributed by atoms with Gasteiger partial charge >= 0.3 is 0 Å². The van der Waals surface area contributed by atoms with Gasteiger partial charge in [-0.05, 0) is 68.3 Å². The lowest BCUT2D eigenvalue weighted by molar-refractivity contribution is 0.0463. The van der Waals surface area contributed by atoms with E-state index in [4.69, 9.17) is 28.2 Å². The van der Waals surface area contributed by atoms with Crippen LogP contribution in [-0.4, -0.2) is 71.0 Å². The van der Waals surface area contributed by atoms with Crippen LogP contribution in [-0.2, 0) is 11.2 Å². The van der Waals surface area contributed by atoms with Gasteiger partial charge in [0.05, 0.1) is 24.2 Å². The highest BCUT2D eigenvalue weighted by atomic mass is 35.5. The van der Waals surface area contributed by atoms with Gasteiger partial charge in [0.1, 0.15) is 23.4 Å². The summed E-state index contributed by atoms with van der Waals surface area (Å²) in [6.07, 6.45) is 8.67. The molecule has 2 aliphatic rings. The van der Waals surface area contributed by atoms with Crippen LogP contribution in [0.5, 0.6) is 0 Å². The number of fused-ring (bicyclic) bond motifs is 1. The third-order valence-corrected chi connectivity index (χ3v) is 9.41. The topological polar surface area (TPSA) is 114 Å². The summed E-state index contributed by atoms with van der Waals surface area (Å²) in [5.41, 5.74) is 3.93. The maximum absolute atomic E-state index is 11.7. The predicted molar refractivity (Wildman–Crippen MR) is 155 cm³/mol. The maximum atomic E-state index is 11.7. The van der Waals surface area contributed by atoms with Crippen molar-refractivity contribution in [3.63, 3.8) is 0 Å². The number of aliphatic hydroxyl groups is 1. The molecule has 1 aliphatic heterocycles. The van der Waals surface area contributed by atoms with E-state index in [-0.39, 0.29) is 17.8 Å². The van der Waals surface area contributed by atoms with Gasteiger partial charge in [0.15, 0.2) is 11.3 Å². The molecule has 1 aromatic carbocycles. The number of hydrogen-bond acceptors (Lipinski definition) is 7. The zero-order valence-electron chi connectivity index (χ0n) is 22.2. The second kappa shape index (κ2) is 11.7. The number of benzene rings is 1. The largest absolute Gasteiger partial charge is 0.616 e. The third-order valence-electron chi connectivity index (χ3n) is 8.04. The second-order valence-corrected chi connectivity index (χ2v) is 13.0. The lowest BCUT2D eigenvalue weighted by Gasteiger charge is -2.40. The summed E-state index contributed by atoms with van der Waals surface area (Å²) in [5.74, 6) is 0.658. The maximum Gasteiger partial charge on any atom is 0.190 e. The molecular weight excluding hydrogens is 555 g/mol. The Morgan fingerprint density at radius 1 is 1.33 bits per heavy atom. The van der Waals surface area contributed by atoms with Gasteiger partial charge in [-0.2, -0.15) is 10.4 Å². The smallest absolute Gasteiger partial charge is 0.190 e. The molecule has 206 valence electrons. The fourth-order valence-corrected chi connectivity index (χ4v) is 7.37. The van der Waals surface area contributed by atoms with E-state index in [1.54, 1.807) is 29.3 Å². The van der Waals surface area contributed by atoms with E-state index in [2.05, 4.69) is 34.1 Å². The van der Waals surface area contributed by atoms with Crippen LogP contribution in [0.1, 0.15) is 62.5 Å². The second-order valence-electron chi connectivity index (χ2n) is 10.6. The molecular formula is C28H32Cl2N6O2S. The fourth-order valence-electron chi connectivity index (χ4n) is 6.11. The zero-order valence-corrected chi connectivity index (χ0v) is 24.5. The Kier molecular flexibility index (Phi) is 8.53. The van der Waals surface area contributed by atoms with Gasteiger partial charge in [0, 0.05) is 22.1 Å². The van der Waals surface area contributed by atoms with Crippen LogP contribution in [0.15, 0.2) is 30.5 Å². The fraction of sp³-hybridized carbons (Fsp3) is 0.500. The van der Waals surface area contributed by atoms with Crippen molar-refractivity contribution in [3.05, 3.63) is 57.5 Å². The Balaban J connectivity index is 1.43. The number of allylic oxidation sites excluding steroid dienone is 1. The van der Waals surface area contributed by atoms with Crippen LogP contribution in [0, 0.1) is 17.2 Å². The molecule has 0 bridgehead atoms. The molecule has 0 saturated carbocycles. The molecule has 11 heteroatoms. The van der Waals surface area contributed by atoms with E-state index in [9.17, 15) is 14.9 Å². The number of likely N-dealkylation sites (tertiary alicyclic amines) is 1. The summed E-state index contributed by atoms with van der Waals surface area (Å²) in [4.78, 5) is 12.0. The quantitative estimate of drug-likeness (QED) is 0.387. The molecule has 0 spiro atoms. The lowest BCUT2D eigenvalue weighted by atomic mass is 9.83. The van der Waals surface area contributed by atoms with E-state index in [0.717, 1.165) is 49.1 Å². The summed E-state index contributed by atoms with van der Waals surface area (Å²) in [7, 11) is 0. The molecule has 6 atom stereocenters. The summed E-state index contributed by atoms with van der Waals surface area (Å²) in [5, 5.41) is 26.0. The average Bonchev–Trinajstić information content (AvgIpc) is 3.52. The predicted octanol–water partition coefficient (Wildman–Crippen LogP) is 5.00. The van der Waals surface area contributed by atoms with Crippen LogP contribution >= 0.6 is 23.2 Å². The van der Waals surface area contributed by atoms with Crippen molar-refractivity contribution in [1.82, 2.24) is 24.6 Å². The van der Waals surface area contributed by atoms with Crippen molar-refractivity contribution in [3.8, 4) is 6.07 Å². The molecule has 1 fully saturated rings. The average molecular weight is 588 g/mol. The van der Waals surface area contributed by atoms with Gasteiger partial charge < -0.3 is 9.66 Å². The summed E-state index contributed by atoms with van der Waals surface area (Å²) in [6, 6.07) is 7.54. The highest BCUT2D eigenvalue weighted by molar-refractivity contribution is 7.90. The van der Waals surface area contributed by atoms with E-state index in [0.29, 0.717) is 38.9 Å². The SMILES string of the molecule is C[C@@H]1CC(c2cnc3c(C#N)nn([C@H](C)c4ccc(Cl)cc4Cl)c3n2)=CC[C@@H]1N1CCCC1C(O)C[S+](C)[O-]. The minimum absolute atomic E-state index is 0.0485. The van der Waals surface area contributed by atoms with E-state index in [1.165, 1.54) is 0 Å². The number of rotatable bonds is 7. The number of nitrogens with zero attached hydrogens (tertiary/aromatic N) is 6. The standard InChI is InChI=1S/C28H32Cl2N6O2S/c1-16-11-18(6-9-24(16)35-10-4-5-25(35)26(37)15-39(3)38)23-14-32-27-22(13-31)34-36(28(27)33-23)17(2)20-8-7-19(29)12-21(20)30/h6-8,12,14,16-17,24-26,37H,4-5,9-11,15H2,1-3H3/t16-,17-,24+,25?,26?,39?/m1/s1. The molecule has 39 heavy (non-hydrogen) atoms. The van der Waals surface area contributed by atoms with Crippen molar-refractivity contribution >= 4 is 51.1 Å². The molecule has 0 amide bonds. The molecule has 1 aliphatic carbocycles. The van der Waals surface area contributed by atoms with Gasteiger partial charge in [-0.1, -0.05) is 53.4 Å². The molecule has 2 aromatic heterocycles. The first-order valence-corrected chi connectivity index (χ1v) is 15.7. The molecule has 5 rings (SSSR count). The number of hydrogen-bond donors (Lipinski definition) is 1. The summed E-state index contributed by atoms with van der Waals surface area (Å²) in [6.45, 7) is 5.15. The third kappa shape index (κ3) is 5.69. The highest BCUT2D eigenvalue weighted by Crippen LogP contribution is 2.37. The number of halogens is 2. The molecule has 8 nitrogen and oxygen atoms in total. The first-order chi connectivity index (χ1) is 18.7. The van der Waals surface area contributed by atoms with Crippen molar-refractivity contribution in [2.24, 2.45) is 5.92 Å². The van der Waals surface area contributed by atoms with Gasteiger partial charge in [0.2, 0.25) is 0 Å². The monoisotopic (exact) mass is 586 g/mol. The number of aromatic nitrogens is 4. The van der Waals surface area contributed by atoms with Gasteiger partial charge in [0.25, 0.3) is 0 Å². The van der Waals surface area contributed by atoms with Crippen LogP contribution in [0.2, 0.25) is 10.0 Å². The van der Waals surface area contributed by atoms with Crippen LogP contribution in [0.3, 0.4) is 0 Å². The number of aliphatic hydroxyl groups excluding tert-OH is 1.